The molecule has 21 heavy (non-hydrogen) atoms. The highest BCUT2D eigenvalue weighted by Crippen LogP contribution is 2.11. The summed E-state index contributed by atoms with van der Waals surface area (Å²) in [7, 11) is 0. The Morgan fingerprint density at radius 3 is 2.86 bits per heavy atom. The zero-order valence-corrected chi connectivity index (χ0v) is 11.6. The Morgan fingerprint density at radius 1 is 1.24 bits per heavy atom. The molecule has 8 nitrogen and oxygen atoms in total. The average molecular weight is 288 g/mol. The van der Waals surface area contributed by atoms with Gasteiger partial charge in [0.1, 0.15) is 5.69 Å². The van der Waals surface area contributed by atoms with Crippen LogP contribution in [0.25, 0.3) is 11.5 Å². The average Bonchev–Trinajstić information content (AvgIpc) is 3.03. The number of tetrazole rings is 1. The second kappa shape index (κ2) is 6.29. The second-order valence-corrected chi connectivity index (χ2v) is 4.81. The highest BCUT2D eigenvalue weighted by atomic mass is 16.7. The summed E-state index contributed by atoms with van der Waals surface area (Å²) in [5, 5.41) is 11.2. The lowest BCUT2D eigenvalue weighted by Crippen LogP contribution is -2.40. The molecule has 1 aliphatic heterocycles. The van der Waals surface area contributed by atoms with Gasteiger partial charge < -0.3 is 9.74 Å². The molecule has 2 aromatic rings. The van der Waals surface area contributed by atoms with Crippen molar-refractivity contribution < 1.29 is 9.63 Å². The molecule has 3 heterocycles. The van der Waals surface area contributed by atoms with Gasteiger partial charge in [-0.15, -0.1) is 5.10 Å². The number of pyridine rings is 1. The summed E-state index contributed by atoms with van der Waals surface area (Å²) < 4.78 is 0. The molecule has 1 saturated heterocycles. The number of likely N-dealkylation sites (tertiary alicyclic amines) is 1. The molecule has 0 atom stereocenters. The van der Waals surface area contributed by atoms with E-state index in [-0.39, 0.29) is 12.5 Å². The molecule has 0 unspecified atom stereocenters. The standard InChI is InChI=1S/C13H16N6O2/c20-12(18-8-4-1-5-9-18)10-21-19-13(15-16-17-19)11-6-2-3-7-14-11/h2-3,6-7H,1,4-5,8-10H2. The van der Waals surface area contributed by atoms with Gasteiger partial charge in [0.05, 0.1) is 0 Å². The summed E-state index contributed by atoms with van der Waals surface area (Å²) in [6, 6.07) is 5.41. The zero-order chi connectivity index (χ0) is 14.5. The Morgan fingerprint density at radius 2 is 2.10 bits per heavy atom. The third kappa shape index (κ3) is 3.15. The van der Waals surface area contributed by atoms with Gasteiger partial charge in [0.25, 0.3) is 5.91 Å². The first kappa shape index (κ1) is 13.5. The molecule has 0 aromatic carbocycles. The largest absolute Gasteiger partial charge is 0.383 e. The predicted molar refractivity (Wildman–Crippen MR) is 72.9 cm³/mol. The molecule has 110 valence electrons. The number of piperidine rings is 1. The van der Waals surface area contributed by atoms with E-state index < -0.39 is 0 Å². The molecule has 0 bridgehead atoms. The second-order valence-electron chi connectivity index (χ2n) is 4.81. The molecule has 8 heteroatoms. The number of carbonyl (C=O) groups is 1. The van der Waals surface area contributed by atoms with Gasteiger partial charge in [-0.25, -0.2) is 0 Å². The van der Waals surface area contributed by atoms with Crippen LogP contribution in [0.4, 0.5) is 0 Å². The summed E-state index contributed by atoms with van der Waals surface area (Å²) in [6.07, 6.45) is 4.93. The first-order valence-electron chi connectivity index (χ1n) is 6.95. The Kier molecular flexibility index (Phi) is 4.04. The molecule has 0 radical (unpaired) electrons. The lowest BCUT2D eigenvalue weighted by Gasteiger charge is -2.26. The summed E-state index contributed by atoms with van der Waals surface area (Å²) in [5.74, 6) is 0.333. The van der Waals surface area contributed by atoms with Crippen LogP contribution in [-0.2, 0) is 4.79 Å². The lowest BCUT2D eigenvalue weighted by molar-refractivity contribution is -0.137. The first-order valence-corrected chi connectivity index (χ1v) is 6.95. The van der Waals surface area contributed by atoms with Gasteiger partial charge in [-0.2, -0.15) is 0 Å². The minimum absolute atomic E-state index is 0.0443. The van der Waals surface area contributed by atoms with E-state index in [9.17, 15) is 4.79 Å². The third-order valence-corrected chi connectivity index (χ3v) is 3.35. The van der Waals surface area contributed by atoms with Crippen molar-refractivity contribution in [2.45, 2.75) is 19.3 Å². The van der Waals surface area contributed by atoms with Crippen LogP contribution < -0.4 is 4.84 Å². The maximum Gasteiger partial charge on any atom is 0.263 e. The fraction of sp³-hybridized carbons (Fsp3) is 0.462. The zero-order valence-electron chi connectivity index (χ0n) is 11.6. The Labute approximate surface area is 121 Å². The number of rotatable bonds is 4. The van der Waals surface area contributed by atoms with Crippen LogP contribution in [0.5, 0.6) is 0 Å². The van der Waals surface area contributed by atoms with Crippen LogP contribution in [0.15, 0.2) is 24.4 Å². The Balaban J connectivity index is 1.63. The van der Waals surface area contributed by atoms with Gasteiger partial charge >= 0.3 is 0 Å². The fourth-order valence-corrected chi connectivity index (χ4v) is 2.26. The summed E-state index contributed by atoms with van der Waals surface area (Å²) >= 11 is 0. The molecule has 1 amide bonds. The van der Waals surface area contributed by atoms with E-state index in [0.717, 1.165) is 30.8 Å². The SMILES string of the molecule is O=C(COn1nnnc1-c1ccccn1)N1CCCCC1. The summed E-state index contributed by atoms with van der Waals surface area (Å²) in [4.78, 5) is 24.6. The minimum atomic E-state index is -0.0785. The van der Waals surface area contributed by atoms with Crippen molar-refractivity contribution in [1.29, 1.82) is 0 Å². The van der Waals surface area contributed by atoms with Crippen LogP contribution in [-0.4, -0.2) is 55.9 Å². The first-order chi connectivity index (χ1) is 10.3. The molecular weight excluding hydrogens is 272 g/mol. The van der Waals surface area contributed by atoms with Crippen LogP contribution in [0.3, 0.4) is 0 Å². The molecule has 1 fully saturated rings. The van der Waals surface area contributed by atoms with E-state index in [0.29, 0.717) is 11.5 Å². The van der Waals surface area contributed by atoms with Crippen LogP contribution in [0.1, 0.15) is 19.3 Å². The van der Waals surface area contributed by atoms with Crippen molar-refractivity contribution in [3.63, 3.8) is 0 Å². The minimum Gasteiger partial charge on any atom is -0.383 e. The molecular formula is C13H16N6O2. The third-order valence-electron chi connectivity index (χ3n) is 3.35. The van der Waals surface area contributed by atoms with Gasteiger partial charge in [0, 0.05) is 19.3 Å². The quantitative estimate of drug-likeness (QED) is 0.797. The van der Waals surface area contributed by atoms with Crippen molar-refractivity contribution in [3.05, 3.63) is 24.4 Å². The fourth-order valence-electron chi connectivity index (χ4n) is 2.26. The molecule has 2 aromatic heterocycles. The van der Waals surface area contributed by atoms with E-state index in [1.165, 1.54) is 6.42 Å². The van der Waals surface area contributed by atoms with E-state index in [1.54, 1.807) is 18.3 Å². The van der Waals surface area contributed by atoms with Gasteiger partial charge in [-0.1, -0.05) is 10.9 Å². The van der Waals surface area contributed by atoms with Gasteiger partial charge in [0.15, 0.2) is 6.61 Å². The number of hydrogen-bond donors (Lipinski definition) is 0. The van der Waals surface area contributed by atoms with Gasteiger partial charge in [-0.3, -0.25) is 9.78 Å². The maximum absolute atomic E-state index is 12.0. The number of aromatic nitrogens is 5. The van der Waals surface area contributed by atoms with Crippen molar-refractivity contribution in [2.24, 2.45) is 0 Å². The number of amides is 1. The predicted octanol–water partition coefficient (Wildman–Crippen LogP) is 0.176. The normalized spacial score (nSPS) is 15.0. The summed E-state index contributed by atoms with van der Waals surface area (Å²) in [6.45, 7) is 1.51. The van der Waals surface area contributed by atoms with Crippen LogP contribution >= 0.6 is 0 Å². The summed E-state index contributed by atoms with van der Waals surface area (Å²) in [5.41, 5.74) is 0.591. The van der Waals surface area contributed by atoms with Crippen molar-refractivity contribution in [2.75, 3.05) is 19.7 Å². The Hall–Kier alpha value is -2.51. The van der Waals surface area contributed by atoms with Crippen molar-refractivity contribution >= 4 is 5.91 Å². The molecule has 0 saturated carbocycles. The molecule has 0 spiro atoms. The van der Waals surface area contributed by atoms with Crippen molar-refractivity contribution in [3.8, 4) is 11.5 Å². The number of nitrogens with zero attached hydrogens (tertiary/aromatic N) is 6. The van der Waals surface area contributed by atoms with E-state index in [2.05, 4.69) is 20.5 Å². The van der Waals surface area contributed by atoms with E-state index in [1.807, 2.05) is 11.0 Å². The van der Waals surface area contributed by atoms with E-state index in [4.69, 9.17) is 4.84 Å². The maximum atomic E-state index is 12.0. The highest BCUT2D eigenvalue weighted by molar-refractivity contribution is 5.77. The number of hydrogen-bond acceptors (Lipinski definition) is 6. The van der Waals surface area contributed by atoms with Gasteiger partial charge in [-0.05, 0) is 41.8 Å². The molecule has 0 aliphatic carbocycles. The van der Waals surface area contributed by atoms with Crippen molar-refractivity contribution in [1.82, 2.24) is 30.3 Å². The molecule has 1 aliphatic rings. The number of carbonyl (C=O) groups excluding carboxylic acids is 1. The monoisotopic (exact) mass is 288 g/mol. The lowest BCUT2D eigenvalue weighted by atomic mass is 10.1. The molecule has 0 N–H and O–H groups in total. The topological polar surface area (TPSA) is 86.0 Å². The van der Waals surface area contributed by atoms with Crippen LogP contribution in [0.2, 0.25) is 0 Å². The Bertz CT molecular complexity index is 594. The van der Waals surface area contributed by atoms with E-state index >= 15 is 0 Å². The highest BCUT2D eigenvalue weighted by Gasteiger charge is 2.18. The smallest absolute Gasteiger partial charge is 0.263 e. The van der Waals surface area contributed by atoms with Gasteiger partial charge in [0.2, 0.25) is 5.82 Å². The van der Waals surface area contributed by atoms with Crippen LogP contribution in [0, 0.1) is 0 Å². The molecule has 3 rings (SSSR count).